The van der Waals surface area contributed by atoms with Gasteiger partial charge in [-0.15, -0.1) is 0 Å². The van der Waals surface area contributed by atoms with Crippen LogP contribution in [-0.4, -0.2) is 36.9 Å². The first-order chi connectivity index (χ1) is 8.88. The molecule has 2 N–H and O–H groups in total. The van der Waals surface area contributed by atoms with Gasteiger partial charge in [-0.25, -0.2) is 4.99 Å². The number of nitrogens with zero attached hydrogens (tertiary/aromatic N) is 2. The topological polar surface area (TPSA) is 71.7 Å². The van der Waals surface area contributed by atoms with Crippen LogP contribution in [0.25, 0.3) is 0 Å². The molecule has 6 nitrogen and oxygen atoms in total. The molecule has 0 bridgehead atoms. The van der Waals surface area contributed by atoms with E-state index in [9.17, 15) is 0 Å². The lowest BCUT2D eigenvalue weighted by Crippen LogP contribution is -2.41. The highest BCUT2D eigenvalue weighted by molar-refractivity contribution is 5.79. The summed E-state index contributed by atoms with van der Waals surface area (Å²) in [7, 11) is 0. The second-order valence-corrected chi connectivity index (χ2v) is 4.20. The Morgan fingerprint density at radius 3 is 3.17 bits per heavy atom. The first kappa shape index (κ1) is 12.9. The van der Waals surface area contributed by atoms with Crippen molar-refractivity contribution < 1.29 is 9.26 Å². The normalized spacial score (nSPS) is 20.1. The van der Waals surface area contributed by atoms with Crippen molar-refractivity contribution in [1.82, 2.24) is 15.8 Å². The maximum absolute atomic E-state index is 5.56. The van der Waals surface area contributed by atoms with Crippen LogP contribution in [0.15, 0.2) is 21.8 Å². The van der Waals surface area contributed by atoms with Gasteiger partial charge in [0.15, 0.2) is 5.96 Å². The summed E-state index contributed by atoms with van der Waals surface area (Å²) in [4.78, 5) is 4.43. The van der Waals surface area contributed by atoms with Crippen LogP contribution in [0.4, 0.5) is 0 Å². The van der Waals surface area contributed by atoms with E-state index in [1.54, 1.807) is 6.26 Å². The number of aliphatic imine (C=N–C) groups is 1. The Kier molecular flexibility index (Phi) is 5.01. The molecule has 100 valence electrons. The van der Waals surface area contributed by atoms with E-state index in [4.69, 9.17) is 9.26 Å². The summed E-state index contributed by atoms with van der Waals surface area (Å²) in [6, 6.07) is 1.81. The Labute approximate surface area is 107 Å². The predicted molar refractivity (Wildman–Crippen MR) is 68.3 cm³/mol. The molecule has 6 heteroatoms. The standard InChI is InChI=1S/C12H20N4O2/c1-2-13-12(14-8-10-5-7-18-16-10)15-9-11-4-3-6-17-11/h5,7,11H,2-4,6,8-9H2,1H3,(H2,13,14,15). The lowest BCUT2D eigenvalue weighted by atomic mass is 10.2. The van der Waals surface area contributed by atoms with Crippen molar-refractivity contribution >= 4 is 5.96 Å². The quantitative estimate of drug-likeness (QED) is 0.602. The van der Waals surface area contributed by atoms with Crippen LogP contribution < -0.4 is 10.6 Å². The average Bonchev–Trinajstić information content (AvgIpc) is 3.05. The molecule has 18 heavy (non-hydrogen) atoms. The minimum Gasteiger partial charge on any atom is -0.376 e. The zero-order valence-corrected chi connectivity index (χ0v) is 10.7. The molecule has 2 rings (SSSR count). The van der Waals surface area contributed by atoms with Gasteiger partial charge >= 0.3 is 0 Å². The maximum atomic E-state index is 5.56. The van der Waals surface area contributed by atoms with Crippen molar-refractivity contribution in [3.63, 3.8) is 0 Å². The van der Waals surface area contributed by atoms with Crippen molar-refractivity contribution in [2.24, 2.45) is 4.99 Å². The zero-order chi connectivity index (χ0) is 12.6. The Bertz CT molecular complexity index is 358. The number of nitrogens with one attached hydrogen (secondary N) is 2. The van der Waals surface area contributed by atoms with Gasteiger partial charge in [-0.2, -0.15) is 0 Å². The SMILES string of the molecule is CCNC(=NCc1ccon1)NCC1CCCO1. The van der Waals surface area contributed by atoms with Crippen LogP contribution in [0, 0.1) is 0 Å². The average molecular weight is 252 g/mol. The van der Waals surface area contributed by atoms with Crippen molar-refractivity contribution in [3.8, 4) is 0 Å². The molecule has 0 aliphatic carbocycles. The van der Waals surface area contributed by atoms with Crippen molar-refractivity contribution in [1.29, 1.82) is 0 Å². The molecular weight excluding hydrogens is 232 g/mol. The highest BCUT2D eigenvalue weighted by atomic mass is 16.5. The summed E-state index contributed by atoms with van der Waals surface area (Å²) >= 11 is 0. The van der Waals surface area contributed by atoms with Gasteiger partial charge in [0.2, 0.25) is 0 Å². The molecule has 1 unspecified atom stereocenters. The minimum absolute atomic E-state index is 0.306. The highest BCUT2D eigenvalue weighted by Crippen LogP contribution is 2.10. The number of hydrogen-bond acceptors (Lipinski definition) is 4. The molecule has 1 aliphatic rings. The molecule has 0 spiro atoms. The van der Waals surface area contributed by atoms with Gasteiger partial charge in [-0.3, -0.25) is 0 Å². The van der Waals surface area contributed by atoms with Gasteiger partial charge in [-0.1, -0.05) is 5.16 Å². The number of ether oxygens (including phenoxy) is 1. The van der Waals surface area contributed by atoms with E-state index >= 15 is 0 Å². The largest absolute Gasteiger partial charge is 0.376 e. The van der Waals surface area contributed by atoms with E-state index < -0.39 is 0 Å². The smallest absolute Gasteiger partial charge is 0.191 e. The van der Waals surface area contributed by atoms with Crippen LogP contribution in [0.5, 0.6) is 0 Å². The van der Waals surface area contributed by atoms with Gasteiger partial charge in [0, 0.05) is 25.8 Å². The van der Waals surface area contributed by atoms with E-state index in [1.165, 1.54) is 0 Å². The maximum Gasteiger partial charge on any atom is 0.191 e. The van der Waals surface area contributed by atoms with Crippen molar-refractivity contribution in [3.05, 3.63) is 18.0 Å². The molecule has 1 aromatic rings. The predicted octanol–water partition coefficient (Wildman–Crippen LogP) is 0.909. The third-order valence-electron chi connectivity index (χ3n) is 2.76. The Morgan fingerprint density at radius 1 is 1.56 bits per heavy atom. The van der Waals surface area contributed by atoms with E-state index in [0.29, 0.717) is 12.6 Å². The fraction of sp³-hybridized carbons (Fsp3) is 0.667. The monoisotopic (exact) mass is 252 g/mol. The second kappa shape index (κ2) is 7.00. The Hall–Kier alpha value is -1.56. The summed E-state index contributed by atoms with van der Waals surface area (Å²) in [6.45, 7) is 5.05. The summed E-state index contributed by atoms with van der Waals surface area (Å²) in [6.07, 6.45) is 4.13. The zero-order valence-electron chi connectivity index (χ0n) is 10.7. The first-order valence-corrected chi connectivity index (χ1v) is 6.41. The fourth-order valence-corrected chi connectivity index (χ4v) is 1.84. The molecule has 1 atom stereocenters. The fourth-order valence-electron chi connectivity index (χ4n) is 1.84. The van der Waals surface area contributed by atoms with Crippen molar-refractivity contribution in [2.45, 2.75) is 32.4 Å². The van der Waals surface area contributed by atoms with Gasteiger partial charge < -0.3 is 19.9 Å². The molecule has 1 saturated heterocycles. The molecule has 0 saturated carbocycles. The third kappa shape index (κ3) is 4.03. The van der Waals surface area contributed by atoms with Crippen LogP contribution in [0.2, 0.25) is 0 Å². The number of guanidine groups is 1. The van der Waals surface area contributed by atoms with Crippen LogP contribution in [-0.2, 0) is 11.3 Å². The van der Waals surface area contributed by atoms with Crippen molar-refractivity contribution in [2.75, 3.05) is 19.7 Å². The first-order valence-electron chi connectivity index (χ1n) is 6.41. The van der Waals surface area contributed by atoms with Gasteiger partial charge in [0.05, 0.1) is 12.6 Å². The second-order valence-electron chi connectivity index (χ2n) is 4.20. The van der Waals surface area contributed by atoms with Gasteiger partial charge in [-0.05, 0) is 19.8 Å². The molecule has 0 aromatic carbocycles. The van der Waals surface area contributed by atoms with Gasteiger partial charge in [0.1, 0.15) is 12.0 Å². The summed E-state index contributed by atoms with van der Waals surface area (Å²) in [5.74, 6) is 0.788. The van der Waals surface area contributed by atoms with Crippen LogP contribution in [0.3, 0.4) is 0 Å². The summed E-state index contributed by atoms with van der Waals surface area (Å²) in [5.41, 5.74) is 0.823. The third-order valence-corrected chi connectivity index (χ3v) is 2.76. The van der Waals surface area contributed by atoms with Crippen LogP contribution >= 0.6 is 0 Å². The lowest BCUT2D eigenvalue weighted by Gasteiger charge is -2.14. The van der Waals surface area contributed by atoms with Gasteiger partial charge in [0.25, 0.3) is 0 Å². The molecule has 0 amide bonds. The number of rotatable bonds is 5. The van der Waals surface area contributed by atoms with Crippen LogP contribution in [0.1, 0.15) is 25.5 Å². The molecule has 2 heterocycles. The molecular formula is C12H20N4O2. The number of hydrogen-bond donors (Lipinski definition) is 2. The lowest BCUT2D eigenvalue weighted by molar-refractivity contribution is 0.114. The Morgan fingerprint density at radius 2 is 2.50 bits per heavy atom. The molecule has 0 radical (unpaired) electrons. The highest BCUT2D eigenvalue weighted by Gasteiger charge is 2.15. The van der Waals surface area contributed by atoms with E-state index in [1.807, 2.05) is 13.0 Å². The summed E-state index contributed by atoms with van der Waals surface area (Å²) in [5, 5.41) is 10.3. The van der Waals surface area contributed by atoms with E-state index in [-0.39, 0.29) is 0 Å². The minimum atomic E-state index is 0.306. The van der Waals surface area contributed by atoms with E-state index in [2.05, 4.69) is 20.8 Å². The Balaban J connectivity index is 1.80. The molecule has 1 aromatic heterocycles. The molecule has 1 aliphatic heterocycles. The summed E-state index contributed by atoms with van der Waals surface area (Å²) < 4.78 is 10.3. The molecule has 1 fully saturated rings. The number of aromatic nitrogens is 1. The van der Waals surface area contributed by atoms with E-state index in [0.717, 1.165) is 44.2 Å².